The van der Waals surface area contributed by atoms with E-state index in [-0.39, 0.29) is 5.25 Å². The van der Waals surface area contributed by atoms with Crippen LogP contribution in [0.15, 0.2) is 17.5 Å². The molecule has 0 aliphatic rings. The molecule has 0 aromatic carbocycles. The first-order chi connectivity index (χ1) is 7.52. The number of rotatable bonds is 6. The van der Waals surface area contributed by atoms with Gasteiger partial charge in [0.25, 0.3) is 0 Å². The van der Waals surface area contributed by atoms with Gasteiger partial charge in [0, 0.05) is 39.8 Å². The second-order valence-electron chi connectivity index (χ2n) is 4.45. The fourth-order valence-corrected chi connectivity index (χ4v) is 2.85. The molecular weight excluding hydrogens is 238 g/mol. The lowest BCUT2D eigenvalue weighted by Gasteiger charge is -2.22. The van der Waals surface area contributed by atoms with Gasteiger partial charge >= 0.3 is 0 Å². The zero-order chi connectivity index (χ0) is 12.1. The van der Waals surface area contributed by atoms with Crippen LogP contribution in [0.3, 0.4) is 0 Å². The summed E-state index contributed by atoms with van der Waals surface area (Å²) in [5, 5.41) is 5.83. The van der Waals surface area contributed by atoms with Gasteiger partial charge in [0.2, 0.25) is 0 Å². The van der Waals surface area contributed by atoms with Crippen molar-refractivity contribution in [1.82, 2.24) is 5.32 Å². The zero-order valence-electron chi connectivity index (χ0n) is 10.4. The summed E-state index contributed by atoms with van der Waals surface area (Å²) in [6, 6.07) is 4.62. The van der Waals surface area contributed by atoms with Crippen molar-refractivity contribution in [2.75, 3.05) is 12.8 Å². The molecule has 1 N–H and O–H groups in total. The van der Waals surface area contributed by atoms with Crippen LogP contribution in [0.2, 0.25) is 0 Å². The van der Waals surface area contributed by atoms with Gasteiger partial charge in [0.05, 0.1) is 0 Å². The Kier molecular flexibility index (Phi) is 5.66. The Labute approximate surface area is 105 Å². The van der Waals surface area contributed by atoms with Crippen LogP contribution in [0.5, 0.6) is 0 Å². The van der Waals surface area contributed by atoms with E-state index in [0.717, 1.165) is 6.54 Å². The van der Waals surface area contributed by atoms with Crippen LogP contribution in [-0.4, -0.2) is 22.3 Å². The second-order valence-corrected chi connectivity index (χ2v) is 7.24. The Balaban J connectivity index is 2.57. The highest BCUT2D eigenvalue weighted by atomic mass is 32.2. The number of hydrogen-bond donors (Lipinski definition) is 1. The van der Waals surface area contributed by atoms with Gasteiger partial charge in [0.1, 0.15) is 0 Å². The lowest BCUT2D eigenvalue weighted by Crippen LogP contribution is -2.33. The maximum Gasteiger partial charge on any atom is 0.0441 e. The molecule has 0 saturated carbocycles. The average Bonchev–Trinajstić information content (AvgIpc) is 2.70. The van der Waals surface area contributed by atoms with Gasteiger partial charge in [-0.05, 0) is 24.3 Å². The molecule has 2 nitrogen and oxygen atoms in total. The lowest BCUT2D eigenvalue weighted by atomic mass is 10.0. The molecule has 0 saturated heterocycles. The maximum absolute atomic E-state index is 11.3. The number of hydrogen-bond acceptors (Lipinski definition) is 3. The molecule has 0 bridgehead atoms. The first-order valence-electron chi connectivity index (χ1n) is 5.61. The van der Waals surface area contributed by atoms with Gasteiger partial charge in [0.15, 0.2) is 0 Å². The summed E-state index contributed by atoms with van der Waals surface area (Å²) in [6.45, 7) is 7.26. The van der Waals surface area contributed by atoms with Crippen molar-refractivity contribution in [3.05, 3.63) is 22.4 Å². The molecule has 0 aliphatic carbocycles. The third kappa shape index (κ3) is 4.00. The first kappa shape index (κ1) is 13.9. The van der Waals surface area contributed by atoms with Gasteiger partial charge in [-0.1, -0.05) is 19.9 Å². The maximum atomic E-state index is 11.3. The minimum atomic E-state index is -0.746. The van der Waals surface area contributed by atoms with E-state index in [1.54, 1.807) is 17.6 Å². The minimum Gasteiger partial charge on any atom is -0.308 e. The Morgan fingerprint density at radius 1 is 1.44 bits per heavy atom. The second kappa shape index (κ2) is 6.52. The van der Waals surface area contributed by atoms with E-state index in [9.17, 15) is 4.21 Å². The molecule has 3 atom stereocenters. The number of thiophene rings is 1. The summed E-state index contributed by atoms with van der Waals surface area (Å²) < 4.78 is 11.3. The molecule has 1 rings (SSSR count). The van der Waals surface area contributed by atoms with Gasteiger partial charge in [-0.25, -0.2) is 0 Å². The Morgan fingerprint density at radius 2 is 2.12 bits per heavy atom. The SMILES string of the molecule is CC(C)C(NCC(C)S(C)=O)c1cccs1. The van der Waals surface area contributed by atoms with Crippen LogP contribution < -0.4 is 5.32 Å². The summed E-state index contributed by atoms with van der Waals surface area (Å²) >= 11 is 1.78. The van der Waals surface area contributed by atoms with E-state index in [0.29, 0.717) is 12.0 Å². The average molecular weight is 259 g/mol. The normalized spacial score (nSPS) is 17.3. The molecule has 0 fully saturated rings. The fourth-order valence-electron chi connectivity index (χ4n) is 1.54. The summed E-state index contributed by atoms with van der Waals surface area (Å²) in [7, 11) is -0.746. The summed E-state index contributed by atoms with van der Waals surface area (Å²) in [4.78, 5) is 1.36. The van der Waals surface area contributed by atoms with Crippen molar-refractivity contribution in [2.24, 2.45) is 5.92 Å². The molecule has 0 aliphatic heterocycles. The molecule has 3 unspecified atom stereocenters. The van der Waals surface area contributed by atoms with E-state index in [2.05, 4.69) is 36.7 Å². The van der Waals surface area contributed by atoms with Gasteiger partial charge in [-0.2, -0.15) is 0 Å². The molecule has 1 aromatic heterocycles. The van der Waals surface area contributed by atoms with Crippen molar-refractivity contribution < 1.29 is 4.21 Å². The highest BCUT2D eigenvalue weighted by Crippen LogP contribution is 2.25. The number of nitrogens with one attached hydrogen (secondary N) is 1. The van der Waals surface area contributed by atoms with Crippen LogP contribution in [0.25, 0.3) is 0 Å². The fraction of sp³-hybridized carbons (Fsp3) is 0.667. The monoisotopic (exact) mass is 259 g/mol. The van der Waals surface area contributed by atoms with Crippen molar-refractivity contribution in [3.63, 3.8) is 0 Å². The molecule has 4 heteroatoms. The Hall–Kier alpha value is -0.190. The Morgan fingerprint density at radius 3 is 2.56 bits per heavy atom. The van der Waals surface area contributed by atoms with E-state index in [4.69, 9.17) is 0 Å². The van der Waals surface area contributed by atoms with Gasteiger partial charge in [-0.15, -0.1) is 11.3 Å². The predicted molar refractivity (Wildman–Crippen MR) is 73.4 cm³/mol. The highest BCUT2D eigenvalue weighted by Gasteiger charge is 2.17. The summed E-state index contributed by atoms with van der Waals surface area (Å²) in [5.41, 5.74) is 0. The van der Waals surface area contributed by atoms with E-state index >= 15 is 0 Å². The van der Waals surface area contributed by atoms with E-state index < -0.39 is 10.8 Å². The van der Waals surface area contributed by atoms with Crippen LogP contribution in [0.1, 0.15) is 31.7 Å². The molecule has 1 heterocycles. The highest BCUT2D eigenvalue weighted by molar-refractivity contribution is 7.84. The quantitative estimate of drug-likeness (QED) is 0.851. The predicted octanol–water partition coefficient (Wildman–Crippen LogP) is 2.80. The Bertz CT molecular complexity index is 322. The van der Waals surface area contributed by atoms with Crippen LogP contribution >= 0.6 is 11.3 Å². The molecule has 1 aromatic rings. The topological polar surface area (TPSA) is 29.1 Å². The van der Waals surface area contributed by atoms with Crippen LogP contribution in [-0.2, 0) is 10.8 Å². The lowest BCUT2D eigenvalue weighted by molar-refractivity contribution is 0.419. The first-order valence-corrected chi connectivity index (χ1v) is 8.11. The van der Waals surface area contributed by atoms with Crippen molar-refractivity contribution in [1.29, 1.82) is 0 Å². The van der Waals surface area contributed by atoms with Crippen molar-refractivity contribution in [3.8, 4) is 0 Å². The standard InChI is InChI=1S/C12H21NOS2/c1-9(2)12(11-6-5-7-15-11)13-8-10(3)16(4)14/h5-7,9-10,12-13H,8H2,1-4H3. The molecular formula is C12H21NOS2. The largest absolute Gasteiger partial charge is 0.308 e. The van der Waals surface area contributed by atoms with Gasteiger partial charge in [-0.3, -0.25) is 4.21 Å². The van der Waals surface area contributed by atoms with E-state index in [1.807, 2.05) is 6.92 Å². The van der Waals surface area contributed by atoms with Crippen molar-refractivity contribution in [2.45, 2.75) is 32.1 Å². The van der Waals surface area contributed by atoms with E-state index in [1.165, 1.54) is 4.88 Å². The molecule has 92 valence electrons. The third-order valence-electron chi connectivity index (χ3n) is 2.71. The third-order valence-corrected chi connectivity index (χ3v) is 4.96. The smallest absolute Gasteiger partial charge is 0.0441 e. The summed E-state index contributed by atoms with van der Waals surface area (Å²) in [6.07, 6.45) is 1.77. The van der Waals surface area contributed by atoms with Gasteiger partial charge < -0.3 is 5.32 Å². The molecule has 0 radical (unpaired) electrons. The molecule has 0 spiro atoms. The molecule has 16 heavy (non-hydrogen) atoms. The molecule has 0 amide bonds. The zero-order valence-corrected chi connectivity index (χ0v) is 12.0. The summed E-state index contributed by atoms with van der Waals surface area (Å²) in [5.74, 6) is 0.552. The minimum absolute atomic E-state index is 0.209. The van der Waals surface area contributed by atoms with Crippen LogP contribution in [0, 0.1) is 5.92 Å². The van der Waals surface area contributed by atoms with Crippen LogP contribution in [0.4, 0.5) is 0 Å². The van der Waals surface area contributed by atoms with Crippen molar-refractivity contribution >= 4 is 22.1 Å².